The highest BCUT2D eigenvalue weighted by molar-refractivity contribution is 5.95. The first-order valence-electron chi connectivity index (χ1n) is 6.31. The maximum absolute atomic E-state index is 12.7. The van der Waals surface area contributed by atoms with Gasteiger partial charge in [-0.3, -0.25) is 14.9 Å². The van der Waals surface area contributed by atoms with E-state index in [0.717, 1.165) is 0 Å². The largest absolute Gasteiger partial charge is 0.273 e. The van der Waals surface area contributed by atoms with Gasteiger partial charge in [0, 0.05) is 17.2 Å². The molecule has 0 unspecified atom stereocenters. The van der Waals surface area contributed by atoms with E-state index in [1.807, 2.05) is 0 Å². The van der Waals surface area contributed by atoms with Crippen molar-refractivity contribution in [2.24, 2.45) is 5.10 Å². The van der Waals surface area contributed by atoms with Crippen LogP contribution in [0.1, 0.15) is 21.5 Å². The predicted molar refractivity (Wildman–Crippen MR) is 79.3 cm³/mol. The Morgan fingerprint density at radius 3 is 2.59 bits per heavy atom. The van der Waals surface area contributed by atoms with Crippen molar-refractivity contribution < 1.29 is 14.1 Å². The first-order chi connectivity index (χ1) is 10.5. The molecule has 112 valence electrons. The van der Waals surface area contributed by atoms with E-state index in [2.05, 4.69) is 10.5 Å². The van der Waals surface area contributed by atoms with Gasteiger partial charge in [0.1, 0.15) is 5.82 Å². The fraction of sp³-hybridized carbons (Fsp3) is 0.0667. The summed E-state index contributed by atoms with van der Waals surface area (Å²) < 4.78 is 12.7. The standard InChI is InChI=1S/C15H12FN3O3/c1-10-2-5-12(8-14(10)19(21)22)15(20)18-17-9-11-3-6-13(16)7-4-11/h2-9H,1H3,(H,18,20)/b17-9-. The van der Waals surface area contributed by atoms with Gasteiger partial charge in [0.05, 0.1) is 11.1 Å². The number of hydrogen-bond acceptors (Lipinski definition) is 4. The number of nitrogens with one attached hydrogen (secondary N) is 1. The Bertz CT molecular complexity index is 742. The van der Waals surface area contributed by atoms with E-state index in [4.69, 9.17) is 0 Å². The number of amides is 1. The average Bonchev–Trinajstić information content (AvgIpc) is 2.49. The number of nitrogens with zero attached hydrogens (tertiary/aromatic N) is 2. The Kier molecular flexibility index (Phi) is 4.57. The number of hydrazone groups is 1. The Morgan fingerprint density at radius 1 is 1.27 bits per heavy atom. The highest BCUT2D eigenvalue weighted by atomic mass is 19.1. The molecule has 0 heterocycles. The Balaban J connectivity index is 2.08. The molecular weight excluding hydrogens is 289 g/mol. The van der Waals surface area contributed by atoms with E-state index in [1.165, 1.54) is 48.7 Å². The van der Waals surface area contributed by atoms with Crippen molar-refractivity contribution in [1.82, 2.24) is 5.43 Å². The molecular formula is C15H12FN3O3. The minimum atomic E-state index is -0.568. The molecule has 2 aromatic carbocycles. The molecule has 0 spiro atoms. The zero-order valence-corrected chi connectivity index (χ0v) is 11.6. The first-order valence-corrected chi connectivity index (χ1v) is 6.31. The summed E-state index contributed by atoms with van der Waals surface area (Å²) in [7, 11) is 0. The third-order valence-corrected chi connectivity index (χ3v) is 2.92. The van der Waals surface area contributed by atoms with Crippen LogP contribution in [0.3, 0.4) is 0 Å². The molecule has 0 radical (unpaired) electrons. The van der Waals surface area contributed by atoms with Crippen molar-refractivity contribution in [3.05, 3.63) is 75.1 Å². The van der Waals surface area contributed by atoms with Crippen molar-refractivity contribution >= 4 is 17.8 Å². The molecule has 22 heavy (non-hydrogen) atoms. The zero-order chi connectivity index (χ0) is 16.1. The third kappa shape index (κ3) is 3.72. The molecule has 1 amide bonds. The monoisotopic (exact) mass is 301 g/mol. The first kappa shape index (κ1) is 15.3. The van der Waals surface area contributed by atoms with Crippen LogP contribution in [0, 0.1) is 22.9 Å². The van der Waals surface area contributed by atoms with E-state index >= 15 is 0 Å². The van der Waals surface area contributed by atoms with Gasteiger partial charge in [-0.25, -0.2) is 9.82 Å². The van der Waals surface area contributed by atoms with Gasteiger partial charge in [0.25, 0.3) is 11.6 Å². The van der Waals surface area contributed by atoms with Crippen LogP contribution < -0.4 is 5.43 Å². The number of benzene rings is 2. The summed E-state index contributed by atoms with van der Waals surface area (Å²) >= 11 is 0. The molecule has 6 nitrogen and oxygen atoms in total. The Morgan fingerprint density at radius 2 is 1.95 bits per heavy atom. The van der Waals surface area contributed by atoms with Crippen molar-refractivity contribution in [2.75, 3.05) is 0 Å². The quantitative estimate of drug-likeness (QED) is 0.535. The molecule has 0 bridgehead atoms. The van der Waals surface area contributed by atoms with Gasteiger partial charge < -0.3 is 0 Å². The van der Waals surface area contributed by atoms with Crippen molar-refractivity contribution in [1.29, 1.82) is 0 Å². The van der Waals surface area contributed by atoms with E-state index in [-0.39, 0.29) is 17.1 Å². The maximum Gasteiger partial charge on any atom is 0.273 e. The van der Waals surface area contributed by atoms with Crippen LogP contribution >= 0.6 is 0 Å². The van der Waals surface area contributed by atoms with Gasteiger partial charge in [-0.05, 0) is 30.7 Å². The second-order valence-corrected chi connectivity index (χ2v) is 4.51. The fourth-order valence-corrected chi connectivity index (χ4v) is 1.73. The van der Waals surface area contributed by atoms with E-state index < -0.39 is 10.8 Å². The van der Waals surface area contributed by atoms with Crippen LogP contribution in [0.5, 0.6) is 0 Å². The van der Waals surface area contributed by atoms with Crippen LogP contribution in [0.25, 0.3) is 0 Å². The van der Waals surface area contributed by atoms with Gasteiger partial charge in [0.2, 0.25) is 0 Å². The van der Waals surface area contributed by atoms with E-state index in [0.29, 0.717) is 11.1 Å². The van der Waals surface area contributed by atoms with Crippen LogP contribution in [-0.2, 0) is 0 Å². The van der Waals surface area contributed by atoms with Crippen LogP contribution in [0.15, 0.2) is 47.6 Å². The Hall–Kier alpha value is -3.09. The van der Waals surface area contributed by atoms with Crippen molar-refractivity contribution in [2.45, 2.75) is 6.92 Å². The van der Waals surface area contributed by atoms with E-state index in [9.17, 15) is 19.3 Å². The lowest BCUT2D eigenvalue weighted by Gasteiger charge is -2.02. The maximum atomic E-state index is 12.7. The van der Waals surface area contributed by atoms with E-state index in [1.54, 1.807) is 6.92 Å². The summed E-state index contributed by atoms with van der Waals surface area (Å²) in [4.78, 5) is 22.2. The predicted octanol–water partition coefficient (Wildman–Crippen LogP) is 2.81. The number of halogens is 1. The lowest BCUT2D eigenvalue weighted by Crippen LogP contribution is -2.17. The molecule has 0 saturated carbocycles. The summed E-state index contributed by atoms with van der Waals surface area (Å²) in [5.74, 6) is -0.936. The number of rotatable bonds is 4. The lowest BCUT2D eigenvalue weighted by atomic mass is 10.1. The second-order valence-electron chi connectivity index (χ2n) is 4.51. The smallest absolute Gasteiger partial charge is 0.267 e. The fourth-order valence-electron chi connectivity index (χ4n) is 1.73. The number of carbonyl (C=O) groups excluding carboxylic acids is 1. The number of carbonyl (C=O) groups is 1. The van der Waals surface area contributed by atoms with Gasteiger partial charge >= 0.3 is 0 Å². The van der Waals surface area contributed by atoms with Gasteiger partial charge in [-0.2, -0.15) is 5.10 Å². The molecule has 2 rings (SSSR count). The Labute approximate surface area is 125 Å². The summed E-state index contributed by atoms with van der Waals surface area (Å²) in [5.41, 5.74) is 3.34. The summed E-state index contributed by atoms with van der Waals surface area (Å²) in [6, 6.07) is 9.71. The number of nitro benzene ring substituents is 1. The molecule has 7 heteroatoms. The molecule has 0 aliphatic carbocycles. The summed E-state index contributed by atoms with van der Waals surface area (Å²) in [6.45, 7) is 1.59. The molecule has 0 aliphatic heterocycles. The topological polar surface area (TPSA) is 84.6 Å². The normalized spacial score (nSPS) is 10.6. The molecule has 2 aromatic rings. The second kappa shape index (κ2) is 6.57. The SMILES string of the molecule is Cc1ccc(C(=O)N/N=C\c2ccc(F)cc2)cc1[N+](=O)[O-]. The molecule has 0 atom stereocenters. The van der Waals surface area contributed by atoms with Crippen LogP contribution in [0.2, 0.25) is 0 Å². The lowest BCUT2D eigenvalue weighted by molar-refractivity contribution is -0.385. The number of aryl methyl sites for hydroxylation is 1. The highest BCUT2D eigenvalue weighted by Gasteiger charge is 2.14. The third-order valence-electron chi connectivity index (χ3n) is 2.92. The van der Waals surface area contributed by atoms with Crippen LogP contribution in [0.4, 0.5) is 10.1 Å². The van der Waals surface area contributed by atoms with Gasteiger partial charge in [-0.1, -0.05) is 18.2 Å². The minimum Gasteiger partial charge on any atom is -0.267 e. The molecule has 0 aromatic heterocycles. The average molecular weight is 301 g/mol. The molecule has 1 N–H and O–H groups in total. The summed E-state index contributed by atoms with van der Waals surface area (Å²) in [6.07, 6.45) is 1.35. The molecule has 0 saturated heterocycles. The minimum absolute atomic E-state index is 0.129. The van der Waals surface area contributed by atoms with Crippen molar-refractivity contribution in [3.8, 4) is 0 Å². The number of hydrogen-bond donors (Lipinski definition) is 1. The zero-order valence-electron chi connectivity index (χ0n) is 11.6. The highest BCUT2D eigenvalue weighted by Crippen LogP contribution is 2.19. The van der Waals surface area contributed by atoms with Gasteiger partial charge in [0.15, 0.2) is 0 Å². The van der Waals surface area contributed by atoms with Crippen molar-refractivity contribution in [3.63, 3.8) is 0 Å². The molecule has 0 aliphatic rings. The van der Waals surface area contributed by atoms with Gasteiger partial charge in [-0.15, -0.1) is 0 Å². The number of nitro groups is 1. The molecule has 0 fully saturated rings. The summed E-state index contributed by atoms with van der Waals surface area (Å²) in [5, 5.41) is 14.6. The van der Waals surface area contributed by atoms with Crippen LogP contribution in [-0.4, -0.2) is 17.0 Å².